The minimum Gasteiger partial charge on any atom is -0.496 e. The molecule has 314 valence electrons. The highest BCUT2D eigenvalue weighted by Gasteiger charge is 2.37. The van der Waals surface area contributed by atoms with Gasteiger partial charge in [-0.3, -0.25) is 4.79 Å². The number of aromatic nitrogens is 4. The largest absolute Gasteiger partial charge is 0.496 e. The Hall–Kier alpha value is -5.88. The molecule has 8 rings (SSSR count). The van der Waals surface area contributed by atoms with Crippen molar-refractivity contribution in [1.29, 1.82) is 0 Å². The fourth-order valence-electron chi connectivity index (χ4n) is 8.65. The zero-order valence-corrected chi connectivity index (χ0v) is 36.8. The number of hydrogen-bond donors (Lipinski definition) is 1. The van der Waals surface area contributed by atoms with Crippen LogP contribution in [0.2, 0.25) is 10.0 Å². The first-order valence-electron chi connectivity index (χ1n) is 20.2. The third kappa shape index (κ3) is 7.82. The van der Waals surface area contributed by atoms with Crippen LogP contribution in [0.15, 0.2) is 72.8 Å². The first-order valence-corrected chi connectivity index (χ1v) is 21.0. The van der Waals surface area contributed by atoms with E-state index in [4.69, 9.17) is 52.1 Å². The molecule has 4 heterocycles. The fourth-order valence-corrected chi connectivity index (χ4v) is 9.01. The van der Waals surface area contributed by atoms with E-state index >= 15 is 4.79 Å². The zero-order valence-electron chi connectivity index (χ0n) is 35.2. The molecule has 0 unspecified atom stereocenters. The summed E-state index contributed by atoms with van der Waals surface area (Å²) in [5, 5.41) is 2.82. The molecule has 7 aromatic rings. The van der Waals surface area contributed by atoms with Gasteiger partial charge in [-0.2, -0.15) is 0 Å². The number of esters is 1. The monoisotopic (exact) mass is 859 g/mol. The number of aromatic amines is 1. The molecular weight excluding hydrogens is 813 g/mol. The first-order chi connectivity index (χ1) is 29.4. The summed E-state index contributed by atoms with van der Waals surface area (Å²) in [7, 11) is 2.90. The van der Waals surface area contributed by atoms with E-state index in [1.165, 1.54) is 7.11 Å². The number of aryl methyl sites for hydroxylation is 5. The summed E-state index contributed by atoms with van der Waals surface area (Å²) in [6.45, 7) is 11.4. The third-order valence-electron chi connectivity index (χ3n) is 11.4. The SMILES string of the molecule is COC(=O)c1cc2c(OC)ccc(N3C[C@@H](C)n4c(c(CCCOc5cc(C)c(Cl)c(C)c5)c5ccc(Cl)c(-c6c(C)nc(COCc7ccccc7)nc6C)c54)C3=O)c2[nH]1. The van der Waals surface area contributed by atoms with Crippen molar-refractivity contribution >= 4 is 62.6 Å². The predicted octanol–water partition coefficient (Wildman–Crippen LogP) is 10.9. The lowest BCUT2D eigenvalue weighted by Gasteiger charge is -2.34. The van der Waals surface area contributed by atoms with Crippen molar-refractivity contribution in [3.8, 4) is 22.6 Å². The maximum absolute atomic E-state index is 15.3. The van der Waals surface area contributed by atoms with Crippen molar-refractivity contribution in [2.45, 2.75) is 66.7 Å². The second-order valence-corrected chi connectivity index (χ2v) is 16.3. The van der Waals surface area contributed by atoms with E-state index in [1.54, 1.807) is 18.1 Å². The Kier molecular flexibility index (Phi) is 11.8. The molecule has 11 nitrogen and oxygen atoms in total. The van der Waals surface area contributed by atoms with Gasteiger partial charge in [0.1, 0.15) is 29.5 Å². The molecule has 1 N–H and O–H groups in total. The number of carbonyl (C=O) groups excluding carboxylic acids is 2. The third-order valence-corrected chi connectivity index (χ3v) is 12.3. The lowest BCUT2D eigenvalue weighted by atomic mass is 9.97. The number of carbonyl (C=O) groups is 2. The molecule has 0 spiro atoms. The van der Waals surface area contributed by atoms with Crippen molar-refractivity contribution in [2.24, 2.45) is 0 Å². The van der Waals surface area contributed by atoms with E-state index in [2.05, 4.69) is 16.5 Å². The maximum atomic E-state index is 15.3. The van der Waals surface area contributed by atoms with Crippen LogP contribution in [0.1, 0.15) is 79.8 Å². The number of amides is 1. The van der Waals surface area contributed by atoms with Gasteiger partial charge in [0.25, 0.3) is 5.91 Å². The van der Waals surface area contributed by atoms with E-state index in [0.29, 0.717) is 71.5 Å². The van der Waals surface area contributed by atoms with Gasteiger partial charge in [-0.05, 0) is 106 Å². The smallest absolute Gasteiger partial charge is 0.354 e. The van der Waals surface area contributed by atoms with Crippen LogP contribution in [0.25, 0.3) is 32.9 Å². The molecule has 0 bridgehead atoms. The van der Waals surface area contributed by atoms with Gasteiger partial charge in [-0.25, -0.2) is 14.8 Å². The molecule has 0 saturated carbocycles. The highest BCUT2D eigenvalue weighted by Crippen LogP contribution is 2.46. The highest BCUT2D eigenvalue weighted by atomic mass is 35.5. The van der Waals surface area contributed by atoms with Crippen LogP contribution in [0, 0.1) is 27.7 Å². The topological polar surface area (TPSA) is 121 Å². The first kappa shape index (κ1) is 41.8. The zero-order chi connectivity index (χ0) is 43.1. The molecule has 0 radical (unpaired) electrons. The molecule has 4 aromatic carbocycles. The number of rotatable bonds is 13. The van der Waals surface area contributed by atoms with Crippen LogP contribution in [0.3, 0.4) is 0 Å². The van der Waals surface area contributed by atoms with Gasteiger partial charge in [0.05, 0.1) is 49.2 Å². The van der Waals surface area contributed by atoms with Crippen LogP contribution >= 0.6 is 23.2 Å². The minimum absolute atomic E-state index is 0.187. The summed E-state index contributed by atoms with van der Waals surface area (Å²) in [5.41, 5.74) is 9.80. The Labute approximate surface area is 364 Å². The Morgan fingerprint density at radius 2 is 1.61 bits per heavy atom. The van der Waals surface area contributed by atoms with Crippen LogP contribution in [-0.2, 0) is 29.1 Å². The number of nitrogens with one attached hydrogen (secondary N) is 1. The van der Waals surface area contributed by atoms with Crippen molar-refractivity contribution in [3.05, 3.63) is 134 Å². The van der Waals surface area contributed by atoms with E-state index in [-0.39, 0.29) is 24.2 Å². The molecular formula is C48H47Cl2N5O6. The fraction of sp³-hybridized carbons (Fsp3) is 0.292. The van der Waals surface area contributed by atoms with Gasteiger partial charge in [0.15, 0.2) is 5.82 Å². The molecule has 13 heteroatoms. The Morgan fingerprint density at radius 3 is 2.30 bits per heavy atom. The number of H-pyrrole nitrogens is 1. The summed E-state index contributed by atoms with van der Waals surface area (Å²) < 4.78 is 25.1. The van der Waals surface area contributed by atoms with E-state index < -0.39 is 5.97 Å². The van der Waals surface area contributed by atoms with Gasteiger partial charge < -0.3 is 33.4 Å². The summed E-state index contributed by atoms with van der Waals surface area (Å²) in [6.07, 6.45) is 1.16. The Bertz CT molecular complexity index is 2790. The van der Waals surface area contributed by atoms with Gasteiger partial charge in [-0.15, -0.1) is 0 Å². The molecule has 0 fully saturated rings. The molecule has 0 aliphatic carbocycles. The quantitative estimate of drug-likeness (QED) is 0.0899. The number of hydrogen-bond acceptors (Lipinski definition) is 8. The van der Waals surface area contributed by atoms with E-state index in [9.17, 15) is 4.79 Å². The Morgan fingerprint density at radius 1 is 0.885 bits per heavy atom. The number of anilines is 1. The molecule has 3 aromatic heterocycles. The predicted molar refractivity (Wildman–Crippen MR) is 240 cm³/mol. The summed E-state index contributed by atoms with van der Waals surface area (Å²) in [4.78, 5) is 42.8. The van der Waals surface area contributed by atoms with Crippen molar-refractivity contribution < 1.29 is 28.5 Å². The van der Waals surface area contributed by atoms with Crippen LogP contribution in [0.4, 0.5) is 5.69 Å². The van der Waals surface area contributed by atoms with Gasteiger partial charge in [-0.1, -0.05) is 59.6 Å². The normalized spacial score (nSPS) is 13.9. The van der Waals surface area contributed by atoms with Crippen molar-refractivity contribution in [2.75, 3.05) is 32.3 Å². The molecule has 1 aliphatic heterocycles. The van der Waals surface area contributed by atoms with Gasteiger partial charge >= 0.3 is 5.97 Å². The van der Waals surface area contributed by atoms with Crippen molar-refractivity contribution in [3.63, 3.8) is 0 Å². The maximum Gasteiger partial charge on any atom is 0.354 e. The highest BCUT2D eigenvalue weighted by molar-refractivity contribution is 6.35. The number of benzene rings is 4. The van der Waals surface area contributed by atoms with Crippen LogP contribution in [-0.4, -0.2) is 58.8 Å². The molecule has 1 aliphatic rings. The van der Waals surface area contributed by atoms with E-state index in [0.717, 1.165) is 66.4 Å². The van der Waals surface area contributed by atoms with Gasteiger partial charge in [0.2, 0.25) is 0 Å². The Balaban J connectivity index is 1.23. The number of ether oxygens (including phenoxy) is 4. The van der Waals surface area contributed by atoms with Crippen LogP contribution < -0.4 is 14.4 Å². The summed E-state index contributed by atoms with van der Waals surface area (Å²) in [6, 6.07) is 22.9. The average Bonchev–Trinajstić information content (AvgIpc) is 3.84. The lowest BCUT2D eigenvalue weighted by molar-refractivity contribution is 0.0595. The van der Waals surface area contributed by atoms with Crippen molar-refractivity contribution in [1.82, 2.24) is 19.5 Å². The molecule has 61 heavy (non-hydrogen) atoms. The number of halogens is 2. The van der Waals surface area contributed by atoms with Gasteiger partial charge in [0, 0.05) is 50.9 Å². The second-order valence-electron chi connectivity index (χ2n) is 15.5. The number of methoxy groups -OCH3 is 2. The second kappa shape index (κ2) is 17.2. The summed E-state index contributed by atoms with van der Waals surface area (Å²) in [5.74, 6) is 1.17. The minimum atomic E-state index is -0.525. The molecule has 1 atom stereocenters. The molecule has 1 amide bonds. The number of fused-ring (bicyclic) bond motifs is 4. The standard InChI is InChI=1S/C48H47Cl2N5O6/c1-26-20-32(21-27(2)43(26)50)61-19-11-14-33-34-15-16-36(49)42(41-29(4)51-40(52-30(41)5)25-60-24-31-12-9-8-10-13-31)45(34)55-28(3)23-54(47(56)46(33)55)38-17-18-39(58-6)35-22-37(48(57)59-7)53-44(35)38/h8-10,12-13,15-18,20-22,28,53H,11,14,19,23-25H2,1-7H3/t28-/m1/s1. The lowest BCUT2D eigenvalue weighted by Crippen LogP contribution is -2.42. The molecule has 0 saturated heterocycles. The summed E-state index contributed by atoms with van der Waals surface area (Å²) >= 11 is 13.7. The van der Waals surface area contributed by atoms with Crippen LogP contribution in [0.5, 0.6) is 11.5 Å². The average molecular weight is 861 g/mol. The van der Waals surface area contributed by atoms with E-state index in [1.807, 2.05) is 94.4 Å². The number of nitrogens with zero attached hydrogens (tertiary/aromatic N) is 4.